The van der Waals surface area contributed by atoms with Crippen LogP contribution in [0, 0.1) is 0 Å². The summed E-state index contributed by atoms with van der Waals surface area (Å²) in [6.45, 7) is 0.356. The van der Waals surface area contributed by atoms with E-state index in [2.05, 4.69) is 0 Å². The third-order valence-corrected chi connectivity index (χ3v) is 3.29. The van der Waals surface area contributed by atoms with Crippen molar-refractivity contribution in [1.82, 2.24) is 4.90 Å². The van der Waals surface area contributed by atoms with Crippen LogP contribution in [0.1, 0.15) is 18.4 Å². The van der Waals surface area contributed by atoms with Crippen LogP contribution in [0.15, 0.2) is 30.3 Å². The second-order valence-electron chi connectivity index (χ2n) is 4.44. The highest BCUT2D eigenvalue weighted by molar-refractivity contribution is 5.79. The third kappa shape index (κ3) is 2.51. The molecule has 1 aromatic carbocycles. The Balaban J connectivity index is 2.19. The second kappa shape index (κ2) is 5.18. The van der Waals surface area contributed by atoms with Gasteiger partial charge >= 0.3 is 11.9 Å². The van der Waals surface area contributed by atoms with Gasteiger partial charge in [-0.05, 0) is 18.4 Å². The van der Waals surface area contributed by atoms with Crippen LogP contribution in [0.5, 0.6) is 0 Å². The molecule has 1 heterocycles. The molecule has 0 aromatic heterocycles. The fraction of sp³-hybridized carbons (Fsp3) is 0.385. The van der Waals surface area contributed by atoms with Gasteiger partial charge in [-0.15, -0.1) is 0 Å². The van der Waals surface area contributed by atoms with E-state index in [1.807, 2.05) is 30.3 Å². The predicted octanol–water partition coefficient (Wildman–Crippen LogP) is 1.19. The highest BCUT2D eigenvalue weighted by atomic mass is 16.4. The molecule has 2 rings (SSSR count). The largest absolute Gasteiger partial charge is 0.480 e. The molecular weight excluding hydrogens is 234 g/mol. The van der Waals surface area contributed by atoms with Crippen molar-refractivity contribution >= 4 is 11.9 Å². The Hall–Kier alpha value is -1.88. The van der Waals surface area contributed by atoms with Crippen LogP contribution in [0.2, 0.25) is 0 Å². The third-order valence-electron chi connectivity index (χ3n) is 3.29. The van der Waals surface area contributed by atoms with Crippen molar-refractivity contribution in [2.45, 2.75) is 31.5 Å². The number of nitrogens with zero attached hydrogens (tertiary/aromatic N) is 1. The van der Waals surface area contributed by atoms with Gasteiger partial charge in [0.1, 0.15) is 12.1 Å². The first kappa shape index (κ1) is 12.6. The van der Waals surface area contributed by atoms with Crippen LogP contribution >= 0.6 is 0 Å². The van der Waals surface area contributed by atoms with Gasteiger partial charge in [0.2, 0.25) is 0 Å². The van der Waals surface area contributed by atoms with Crippen LogP contribution in [-0.4, -0.2) is 39.1 Å². The molecule has 18 heavy (non-hydrogen) atoms. The molecule has 1 aromatic rings. The van der Waals surface area contributed by atoms with Gasteiger partial charge in [0.05, 0.1) is 0 Å². The quantitative estimate of drug-likeness (QED) is 0.838. The standard InChI is InChI=1S/C13H15NO4/c15-12(16)10-6-7-11(13(17)18)14(10)8-9-4-2-1-3-5-9/h1-5,10-11H,6-8H2,(H,15,16)(H,17,18). The number of benzene rings is 1. The molecule has 1 fully saturated rings. The lowest BCUT2D eigenvalue weighted by Gasteiger charge is -2.25. The van der Waals surface area contributed by atoms with Crippen molar-refractivity contribution in [3.05, 3.63) is 35.9 Å². The Morgan fingerprint density at radius 1 is 1.06 bits per heavy atom. The topological polar surface area (TPSA) is 77.8 Å². The molecule has 1 aliphatic heterocycles. The molecular formula is C13H15NO4. The number of carboxylic acids is 2. The average Bonchev–Trinajstić information content (AvgIpc) is 2.74. The fourth-order valence-electron chi connectivity index (χ4n) is 2.41. The molecule has 0 aliphatic carbocycles. The molecule has 5 nitrogen and oxygen atoms in total. The minimum Gasteiger partial charge on any atom is -0.480 e. The summed E-state index contributed by atoms with van der Waals surface area (Å²) in [7, 11) is 0. The second-order valence-corrected chi connectivity index (χ2v) is 4.44. The number of hydrogen-bond donors (Lipinski definition) is 2. The van der Waals surface area contributed by atoms with Crippen LogP contribution < -0.4 is 0 Å². The lowest BCUT2D eigenvalue weighted by atomic mass is 10.2. The first-order valence-corrected chi connectivity index (χ1v) is 5.85. The van der Waals surface area contributed by atoms with E-state index in [0.717, 1.165) is 5.56 Å². The Labute approximate surface area is 105 Å². The SMILES string of the molecule is O=C(O)C1CCC(C(=O)O)N1Cc1ccccc1. The molecule has 1 aliphatic rings. The van der Waals surface area contributed by atoms with E-state index in [-0.39, 0.29) is 0 Å². The molecule has 96 valence electrons. The molecule has 1 saturated heterocycles. The van der Waals surface area contributed by atoms with E-state index < -0.39 is 24.0 Å². The summed E-state index contributed by atoms with van der Waals surface area (Å²) in [5, 5.41) is 18.3. The van der Waals surface area contributed by atoms with Gasteiger partial charge in [-0.2, -0.15) is 0 Å². The minimum atomic E-state index is -0.949. The van der Waals surface area contributed by atoms with E-state index in [1.165, 1.54) is 0 Å². The van der Waals surface area contributed by atoms with Crippen molar-refractivity contribution in [3.8, 4) is 0 Å². The smallest absolute Gasteiger partial charge is 0.320 e. The summed E-state index contributed by atoms with van der Waals surface area (Å²) in [5.74, 6) is -1.90. The van der Waals surface area contributed by atoms with Gasteiger partial charge in [-0.25, -0.2) is 0 Å². The van der Waals surface area contributed by atoms with Crippen LogP contribution in [0.3, 0.4) is 0 Å². The average molecular weight is 249 g/mol. The number of carbonyl (C=O) groups is 2. The van der Waals surface area contributed by atoms with Gasteiger partial charge in [0.25, 0.3) is 0 Å². The highest BCUT2D eigenvalue weighted by Gasteiger charge is 2.41. The maximum Gasteiger partial charge on any atom is 0.320 e. The van der Waals surface area contributed by atoms with Gasteiger partial charge < -0.3 is 10.2 Å². The normalized spacial score (nSPS) is 24.0. The number of likely N-dealkylation sites (tertiary alicyclic amines) is 1. The predicted molar refractivity (Wildman–Crippen MR) is 64.1 cm³/mol. The molecule has 0 spiro atoms. The summed E-state index contributed by atoms with van der Waals surface area (Å²) in [6, 6.07) is 7.93. The molecule has 0 amide bonds. The van der Waals surface area contributed by atoms with E-state index >= 15 is 0 Å². The summed E-state index contributed by atoms with van der Waals surface area (Å²) < 4.78 is 0. The first-order valence-electron chi connectivity index (χ1n) is 5.85. The highest BCUT2D eigenvalue weighted by Crippen LogP contribution is 2.26. The van der Waals surface area contributed by atoms with Crippen LogP contribution in [0.4, 0.5) is 0 Å². The summed E-state index contributed by atoms with van der Waals surface area (Å²) in [6.07, 6.45) is 0.776. The molecule has 0 bridgehead atoms. The summed E-state index contributed by atoms with van der Waals surface area (Å²) in [4.78, 5) is 23.8. The zero-order valence-corrected chi connectivity index (χ0v) is 9.82. The zero-order chi connectivity index (χ0) is 13.1. The van der Waals surface area contributed by atoms with Crippen LogP contribution in [0.25, 0.3) is 0 Å². The lowest BCUT2D eigenvalue weighted by Crippen LogP contribution is -2.43. The monoisotopic (exact) mass is 249 g/mol. The number of rotatable bonds is 4. The number of aliphatic carboxylic acids is 2. The van der Waals surface area contributed by atoms with Crippen molar-refractivity contribution < 1.29 is 19.8 Å². The van der Waals surface area contributed by atoms with E-state index in [4.69, 9.17) is 10.2 Å². The molecule has 2 unspecified atom stereocenters. The van der Waals surface area contributed by atoms with Gasteiger partial charge in [-0.3, -0.25) is 14.5 Å². The van der Waals surface area contributed by atoms with E-state index in [0.29, 0.717) is 19.4 Å². The van der Waals surface area contributed by atoms with E-state index in [9.17, 15) is 9.59 Å². The first-order chi connectivity index (χ1) is 8.59. The van der Waals surface area contributed by atoms with Crippen molar-refractivity contribution in [2.75, 3.05) is 0 Å². The van der Waals surface area contributed by atoms with Crippen molar-refractivity contribution in [1.29, 1.82) is 0 Å². The molecule has 2 N–H and O–H groups in total. The van der Waals surface area contributed by atoms with E-state index in [1.54, 1.807) is 4.90 Å². The minimum absolute atomic E-state index is 0.356. The Morgan fingerprint density at radius 3 is 2.00 bits per heavy atom. The number of carboxylic acid groups (broad SMARTS) is 2. The Kier molecular flexibility index (Phi) is 3.62. The lowest BCUT2D eigenvalue weighted by molar-refractivity contribution is -0.147. The molecule has 2 atom stereocenters. The Bertz CT molecular complexity index is 424. The van der Waals surface area contributed by atoms with Gasteiger partial charge in [-0.1, -0.05) is 30.3 Å². The summed E-state index contributed by atoms with van der Waals surface area (Å²) >= 11 is 0. The van der Waals surface area contributed by atoms with Gasteiger partial charge in [0.15, 0.2) is 0 Å². The van der Waals surface area contributed by atoms with Gasteiger partial charge in [0, 0.05) is 6.54 Å². The molecule has 5 heteroatoms. The maximum absolute atomic E-state index is 11.1. The zero-order valence-electron chi connectivity index (χ0n) is 9.82. The molecule has 0 saturated carbocycles. The Morgan fingerprint density at radius 2 is 1.56 bits per heavy atom. The number of hydrogen-bond acceptors (Lipinski definition) is 3. The van der Waals surface area contributed by atoms with Crippen LogP contribution in [-0.2, 0) is 16.1 Å². The van der Waals surface area contributed by atoms with Crippen molar-refractivity contribution in [3.63, 3.8) is 0 Å². The summed E-state index contributed by atoms with van der Waals surface area (Å²) in [5.41, 5.74) is 0.928. The molecule has 0 radical (unpaired) electrons. The fourth-order valence-corrected chi connectivity index (χ4v) is 2.41. The maximum atomic E-state index is 11.1. The van der Waals surface area contributed by atoms with Crippen molar-refractivity contribution in [2.24, 2.45) is 0 Å².